The molecule has 0 unspecified atom stereocenters. The third-order valence-corrected chi connectivity index (χ3v) is 6.06. The quantitative estimate of drug-likeness (QED) is 0.509. The number of carbonyl (C=O) groups excluding carboxylic acids is 1. The molecule has 7 nitrogen and oxygen atoms in total. The average molecular weight is 428 g/mol. The lowest BCUT2D eigenvalue weighted by Crippen LogP contribution is -2.36. The SMILES string of the molecule is COc1cc2nc(Cc3cccs3)n(NC(=O)c3cccs3)c(=O)c2cc1OC. The Hall–Kier alpha value is -3.17. The summed E-state index contributed by atoms with van der Waals surface area (Å²) in [5, 5.41) is 4.08. The summed E-state index contributed by atoms with van der Waals surface area (Å²) in [5.41, 5.74) is 2.79. The highest BCUT2D eigenvalue weighted by atomic mass is 32.1. The van der Waals surface area contributed by atoms with E-state index in [4.69, 9.17) is 9.47 Å². The Morgan fingerprint density at radius 1 is 1.10 bits per heavy atom. The van der Waals surface area contributed by atoms with Gasteiger partial charge in [-0.2, -0.15) is 0 Å². The highest BCUT2D eigenvalue weighted by Gasteiger charge is 2.18. The molecule has 0 saturated heterocycles. The van der Waals surface area contributed by atoms with Crippen LogP contribution in [0.25, 0.3) is 10.9 Å². The number of hydrogen-bond donors (Lipinski definition) is 1. The number of rotatable bonds is 6. The van der Waals surface area contributed by atoms with E-state index in [1.165, 1.54) is 30.2 Å². The fraction of sp³-hybridized carbons (Fsp3) is 0.150. The Labute approximate surface area is 174 Å². The van der Waals surface area contributed by atoms with E-state index in [0.29, 0.717) is 39.5 Å². The van der Waals surface area contributed by atoms with Crippen molar-refractivity contribution >= 4 is 39.5 Å². The molecule has 0 aliphatic rings. The van der Waals surface area contributed by atoms with Gasteiger partial charge in [-0.15, -0.1) is 22.7 Å². The number of hydrogen-bond acceptors (Lipinski definition) is 7. The van der Waals surface area contributed by atoms with Gasteiger partial charge in [-0.1, -0.05) is 12.1 Å². The fourth-order valence-corrected chi connectivity index (χ4v) is 4.24. The predicted molar refractivity (Wildman–Crippen MR) is 114 cm³/mol. The molecule has 9 heteroatoms. The zero-order chi connectivity index (χ0) is 20.4. The van der Waals surface area contributed by atoms with Crippen molar-refractivity contribution in [2.75, 3.05) is 19.6 Å². The van der Waals surface area contributed by atoms with Gasteiger partial charge in [0.25, 0.3) is 11.5 Å². The molecule has 0 radical (unpaired) electrons. The molecule has 4 rings (SSSR count). The first-order valence-corrected chi connectivity index (χ1v) is 10.4. The molecule has 4 aromatic rings. The highest BCUT2D eigenvalue weighted by molar-refractivity contribution is 7.12. The van der Waals surface area contributed by atoms with Crippen molar-refractivity contribution in [1.82, 2.24) is 9.66 Å². The van der Waals surface area contributed by atoms with E-state index in [9.17, 15) is 9.59 Å². The van der Waals surface area contributed by atoms with Crippen LogP contribution >= 0.6 is 22.7 Å². The number of nitrogens with one attached hydrogen (secondary N) is 1. The van der Waals surface area contributed by atoms with E-state index in [2.05, 4.69) is 10.4 Å². The minimum Gasteiger partial charge on any atom is -0.493 e. The topological polar surface area (TPSA) is 82.5 Å². The number of methoxy groups -OCH3 is 2. The standard InChI is InChI=1S/C20H17N3O4S2/c1-26-15-10-13-14(11-16(15)27-2)21-18(9-12-5-3-7-28-12)23(20(13)25)22-19(24)17-6-4-8-29-17/h3-8,10-11H,9H2,1-2H3,(H,22,24). The third kappa shape index (κ3) is 3.74. The van der Waals surface area contributed by atoms with Gasteiger partial charge in [0.1, 0.15) is 5.82 Å². The molecule has 3 aromatic heterocycles. The van der Waals surface area contributed by atoms with Crippen LogP contribution in [0.5, 0.6) is 11.5 Å². The monoisotopic (exact) mass is 427 g/mol. The molecule has 0 aliphatic heterocycles. The molecular weight excluding hydrogens is 410 g/mol. The Morgan fingerprint density at radius 3 is 2.48 bits per heavy atom. The predicted octanol–water partition coefficient (Wildman–Crippen LogP) is 3.51. The summed E-state index contributed by atoms with van der Waals surface area (Å²) in [6.45, 7) is 0. The summed E-state index contributed by atoms with van der Waals surface area (Å²) in [6.07, 6.45) is 0.405. The third-order valence-electron chi connectivity index (χ3n) is 4.31. The van der Waals surface area contributed by atoms with Crippen LogP contribution in [0.2, 0.25) is 0 Å². The Morgan fingerprint density at radius 2 is 1.83 bits per heavy atom. The first-order chi connectivity index (χ1) is 14.1. The molecule has 0 aliphatic carbocycles. The van der Waals surface area contributed by atoms with Gasteiger partial charge < -0.3 is 9.47 Å². The number of carbonyl (C=O) groups is 1. The minimum absolute atomic E-state index is 0.323. The van der Waals surface area contributed by atoms with Crippen LogP contribution in [-0.4, -0.2) is 29.8 Å². The minimum atomic E-state index is -0.382. The summed E-state index contributed by atoms with van der Waals surface area (Å²) < 4.78 is 11.9. The zero-order valence-electron chi connectivity index (χ0n) is 15.7. The lowest BCUT2D eigenvalue weighted by molar-refractivity contribution is 0.101. The number of thiophene rings is 2. The van der Waals surface area contributed by atoms with Crippen molar-refractivity contribution < 1.29 is 14.3 Å². The fourth-order valence-electron chi connectivity index (χ4n) is 2.93. The van der Waals surface area contributed by atoms with E-state index >= 15 is 0 Å². The van der Waals surface area contributed by atoms with Gasteiger partial charge in [-0.25, -0.2) is 9.66 Å². The summed E-state index contributed by atoms with van der Waals surface area (Å²) in [7, 11) is 3.03. The normalized spacial score (nSPS) is 10.8. The Balaban J connectivity index is 1.88. The van der Waals surface area contributed by atoms with Gasteiger partial charge in [0.05, 0.1) is 30.0 Å². The maximum absolute atomic E-state index is 13.3. The molecule has 0 spiro atoms. The van der Waals surface area contributed by atoms with Crippen LogP contribution in [0.15, 0.2) is 52.0 Å². The molecule has 1 amide bonds. The molecule has 3 heterocycles. The lowest BCUT2D eigenvalue weighted by atomic mass is 10.2. The zero-order valence-corrected chi connectivity index (χ0v) is 17.3. The van der Waals surface area contributed by atoms with Crippen LogP contribution in [-0.2, 0) is 6.42 Å². The number of ether oxygens (including phenoxy) is 2. The Kier molecular flexibility index (Phi) is 5.32. The van der Waals surface area contributed by atoms with Crippen molar-refractivity contribution in [3.63, 3.8) is 0 Å². The first kappa shape index (κ1) is 19.2. The summed E-state index contributed by atoms with van der Waals surface area (Å²) in [5.74, 6) is 0.966. The van der Waals surface area contributed by atoms with Crippen LogP contribution in [0.3, 0.4) is 0 Å². The maximum atomic E-state index is 13.3. The number of nitrogens with zero attached hydrogens (tertiary/aromatic N) is 2. The van der Waals surface area contributed by atoms with Gasteiger partial charge in [0, 0.05) is 17.4 Å². The lowest BCUT2D eigenvalue weighted by Gasteiger charge is -2.15. The second kappa shape index (κ2) is 8.06. The highest BCUT2D eigenvalue weighted by Crippen LogP contribution is 2.30. The van der Waals surface area contributed by atoms with E-state index in [0.717, 1.165) is 4.88 Å². The van der Waals surface area contributed by atoms with Gasteiger partial charge in [0.2, 0.25) is 0 Å². The van der Waals surface area contributed by atoms with Gasteiger partial charge in [-0.3, -0.25) is 15.0 Å². The molecule has 1 aromatic carbocycles. The van der Waals surface area contributed by atoms with E-state index in [1.807, 2.05) is 17.5 Å². The van der Waals surface area contributed by atoms with Crippen molar-refractivity contribution in [1.29, 1.82) is 0 Å². The molecule has 0 saturated carbocycles. The van der Waals surface area contributed by atoms with Crippen LogP contribution < -0.4 is 20.5 Å². The molecule has 0 fully saturated rings. The molecule has 0 bridgehead atoms. The van der Waals surface area contributed by atoms with Crippen molar-refractivity contribution in [2.24, 2.45) is 0 Å². The number of amides is 1. The first-order valence-electron chi connectivity index (χ1n) is 8.65. The molecular formula is C20H17N3O4S2. The second-order valence-electron chi connectivity index (χ2n) is 6.07. The molecule has 0 atom stereocenters. The van der Waals surface area contributed by atoms with Crippen molar-refractivity contribution in [3.8, 4) is 11.5 Å². The van der Waals surface area contributed by atoms with Gasteiger partial charge in [0.15, 0.2) is 11.5 Å². The molecule has 29 heavy (non-hydrogen) atoms. The van der Waals surface area contributed by atoms with Crippen LogP contribution in [0.4, 0.5) is 0 Å². The number of benzene rings is 1. The average Bonchev–Trinajstić information content (AvgIpc) is 3.44. The Bertz CT molecular complexity index is 1210. The van der Waals surface area contributed by atoms with E-state index < -0.39 is 0 Å². The summed E-state index contributed by atoms with van der Waals surface area (Å²) in [4.78, 5) is 32.1. The molecule has 148 valence electrons. The summed E-state index contributed by atoms with van der Waals surface area (Å²) in [6, 6.07) is 10.6. The van der Waals surface area contributed by atoms with Gasteiger partial charge in [-0.05, 0) is 29.0 Å². The number of aromatic nitrogens is 2. The van der Waals surface area contributed by atoms with Gasteiger partial charge >= 0.3 is 0 Å². The van der Waals surface area contributed by atoms with E-state index in [-0.39, 0.29) is 11.5 Å². The molecule has 1 N–H and O–H groups in total. The smallest absolute Gasteiger partial charge is 0.280 e. The number of fused-ring (bicyclic) bond motifs is 1. The summed E-state index contributed by atoms with van der Waals surface area (Å²) >= 11 is 2.86. The van der Waals surface area contributed by atoms with Crippen LogP contribution in [0.1, 0.15) is 20.4 Å². The van der Waals surface area contributed by atoms with E-state index in [1.54, 1.807) is 41.0 Å². The largest absolute Gasteiger partial charge is 0.493 e. The second-order valence-corrected chi connectivity index (χ2v) is 8.05. The van der Waals surface area contributed by atoms with Crippen molar-refractivity contribution in [2.45, 2.75) is 6.42 Å². The maximum Gasteiger partial charge on any atom is 0.280 e. The van der Waals surface area contributed by atoms with Crippen LogP contribution in [0, 0.1) is 0 Å². The van der Waals surface area contributed by atoms with Crippen molar-refractivity contribution in [3.05, 3.63) is 73.1 Å².